The predicted molar refractivity (Wildman–Crippen MR) is 514 cm³/mol. The van der Waals surface area contributed by atoms with Crippen molar-refractivity contribution in [3.63, 3.8) is 0 Å². The fourth-order valence-electron chi connectivity index (χ4n) is 22.3. The molecule has 0 atom stereocenters. The maximum absolute atomic E-state index is 2.61. The van der Waals surface area contributed by atoms with Crippen LogP contribution in [0.4, 0.5) is 68.2 Å². The van der Waals surface area contributed by atoms with Gasteiger partial charge in [-0.05, 0) is 265 Å². The Balaban J connectivity index is 0.638. The Morgan fingerprint density at radius 1 is 0.172 bits per heavy atom. The van der Waals surface area contributed by atoms with E-state index in [1.807, 2.05) is 0 Å². The molecule has 0 unspecified atom stereocenters. The number of hydrogen-bond acceptors (Lipinski definition) is 4. The summed E-state index contributed by atoms with van der Waals surface area (Å²) in [5.41, 5.74) is 46.0. The highest BCUT2D eigenvalue weighted by atomic mass is 15.2. The Morgan fingerprint density at radius 3 is 0.762 bits per heavy atom. The molecular formula is C118H96N4. The molecule has 0 aromatic heterocycles. The van der Waals surface area contributed by atoms with E-state index >= 15 is 0 Å². The molecule has 6 heterocycles. The van der Waals surface area contributed by atoms with Crippen LogP contribution in [0.1, 0.15) is 150 Å². The zero-order valence-corrected chi connectivity index (χ0v) is 71.4. The molecule has 0 spiro atoms. The van der Waals surface area contributed by atoms with Gasteiger partial charge in [0.15, 0.2) is 0 Å². The van der Waals surface area contributed by atoms with Crippen molar-refractivity contribution in [1.29, 1.82) is 0 Å². The average Bonchev–Trinajstić information content (AvgIpc) is 0.752. The fourth-order valence-corrected chi connectivity index (χ4v) is 22.3. The second-order valence-electron chi connectivity index (χ2n) is 38.0. The minimum atomic E-state index is -0.378. The summed E-state index contributed by atoms with van der Waals surface area (Å²) in [6.45, 7) is 29.1. The SMILES string of the molecule is CC1(C)c2ccccc2N2c3ccccc3C(C)(C)c3cc(-c4ccc(-c5ccc(N(c6ccc(-c7ccc(-c8cc9c%10c(c8)C(C)(C)c8ccccc8N%10c8ccccc8C9(C)C)cc7)cc6)c6cccc7c(-c8cc9c%10c(c8)C(C)(C)c8cc(-c%11ccccc%11)ccc8N%10c8ccc(-c%10ccccc%10)cc8C9(C)C)cccc67)cc5)cc4)cc1c32. The van der Waals surface area contributed by atoms with Gasteiger partial charge < -0.3 is 19.6 Å². The molecule has 4 heteroatoms. The van der Waals surface area contributed by atoms with Gasteiger partial charge in [0.2, 0.25) is 0 Å². The van der Waals surface area contributed by atoms with Crippen molar-refractivity contribution in [3.8, 4) is 77.9 Å². The maximum atomic E-state index is 2.61. The third-order valence-corrected chi connectivity index (χ3v) is 29.2. The van der Waals surface area contributed by atoms with Gasteiger partial charge in [-0.25, -0.2) is 0 Å². The summed E-state index contributed by atoms with van der Waals surface area (Å²) in [4.78, 5) is 10.2. The largest absolute Gasteiger partial charge is 0.310 e. The number of benzene rings is 17. The molecule has 588 valence electrons. The molecule has 23 rings (SSSR count). The second-order valence-corrected chi connectivity index (χ2v) is 38.0. The molecule has 0 saturated heterocycles. The quantitative estimate of drug-likeness (QED) is 0.135. The van der Waals surface area contributed by atoms with Gasteiger partial charge in [0.05, 0.1) is 56.9 Å². The van der Waals surface area contributed by atoms with Crippen LogP contribution in [0.3, 0.4) is 0 Å². The molecule has 0 fully saturated rings. The van der Waals surface area contributed by atoms with Crippen molar-refractivity contribution in [3.05, 3.63) is 431 Å². The number of para-hydroxylation sites is 4. The van der Waals surface area contributed by atoms with Gasteiger partial charge in [-0.2, -0.15) is 0 Å². The summed E-state index contributed by atoms with van der Waals surface area (Å²) >= 11 is 0. The summed E-state index contributed by atoms with van der Waals surface area (Å²) in [5, 5.41) is 2.36. The van der Waals surface area contributed by atoms with E-state index in [4.69, 9.17) is 0 Å². The normalized spacial score (nSPS) is 15.9. The van der Waals surface area contributed by atoms with Crippen molar-refractivity contribution in [2.24, 2.45) is 0 Å². The van der Waals surface area contributed by atoms with Gasteiger partial charge in [0.1, 0.15) is 0 Å². The molecule has 17 aromatic carbocycles. The van der Waals surface area contributed by atoms with Crippen molar-refractivity contribution in [2.45, 2.75) is 116 Å². The van der Waals surface area contributed by atoms with Gasteiger partial charge in [-0.3, -0.25) is 0 Å². The summed E-state index contributed by atoms with van der Waals surface area (Å²) in [6, 6.07) is 139. The van der Waals surface area contributed by atoms with Crippen molar-refractivity contribution in [1.82, 2.24) is 0 Å². The lowest BCUT2D eigenvalue weighted by atomic mass is 9.65. The van der Waals surface area contributed by atoms with Gasteiger partial charge in [0.25, 0.3) is 0 Å². The van der Waals surface area contributed by atoms with Crippen LogP contribution >= 0.6 is 0 Å². The molecule has 0 radical (unpaired) electrons. The van der Waals surface area contributed by atoms with E-state index in [2.05, 4.69) is 467 Å². The van der Waals surface area contributed by atoms with Crippen LogP contribution in [0.15, 0.2) is 364 Å². The average molecular weight is 1570 g/mol. The zero-order valence-electron chi connectivity index (χ0n) is 71.4. The van der Waals surface area contributed by atoms with E-state index in [9.17, 15) is 0 Å². The molecule has 17 aromatic rings. The van der Waals surface area contributed by atoms with Crippen molar-refractivity contribution < 1.29 is 0 Å². The summed E-state index contributed by atoms with van der Waals surface area (Å²) < 4.78 is 0. The van der Waals surface area contributed by atoms with Crippen LogP contribution < -0.4 is 19.6 Å². The van der Waals surface area contributed by atoms with Gasteiger partial charge in [-0.1, -0.05) is 332 Å². The van der Waals surface area contributed by atoms with Crippen LogP contribution in [0, 0.1) is 0 Å². The number of nitrogens with zero attached hydrogens (tertiary/aromatic N) is 4. The predicted octanol–water partition coefficient (Wildman–Crippen LogP) is 32.2. The maximum Gasteiger partial charge on any atom is 0.0544 e. The molecule has 0 bridgehead atoms. The fraction of sp³-hybridized carbons (Fsp3) is 0.153. The first-order valence-electron chi connectivity index (χ1n) is 43.5. The first-order valence-corrected chi connectivity index (χ1v) is 43.5. The topological polar surface area (TPSA) is 13.0 Å². The Kier molecular flexibility index (Phi) is 15.8. The Bertz CT molecular complexity index is 6670. The lowest BCUT2D eigenvalue weighted by molar-refractivity contribution is 0.597. The van der Waals surface area contributed by atoms with Crippen LogP contribution in [-0.2, 0) is 32.5 Å². The van der Waals surface area contributed by atoms with E-state index in [0.717, 1.165) is 28.2 Å². The first-order chi connectivity index (χ1) is 59.0. The zero-order chi connectivity index (χ0) is 82.8. The van der Waals surface area contributed by atoms with Gasteiger partial charge >= 0.3 is 0 Å². The minimum Gasteiger partial charge on any atom is -0.310 e. The van der Waals surface area contributed by atoms with E-state index < -0.39 is 0 Å². The molecule has 0 amide bonds. The third-order valence-electron chi connectivity index (χ3n) is 29.2. The molecular weight excluding hydrogens is 1470 g/mol. The van der Waals surface area contributed by atoms with Crippen LogP contribution in [0.2, 0.25) is 0 Å². The lowest BCUT2D eigenvalue weighted by Gasteiger charge is -2.50. The third kappa shape index (κ3) is 10.7. The van der Waals surface area contributed by atoms with Crippen molar-refractivity contribution in [2.75, 3.05) is 19.6 Å². The molecule has 122 heavy (non-hydrogen) atoms. The molecule has 4 nitrogen and oxygen atoms in total. The number of fused-ring (bicyclic) bond motifs is 13. The highest BCUT2D eigenvalue weighted by Gasteiger charge is 2.50. The number of hydrogen-bond donors (Lipinski definition) is 0. The monoisotopic (exact) mass is 1570 g/mol. The molecule has 0 saturated carbocycles. The minimum absolute atomic E-state index is 0.226. The van der Waals surface area contributed by atoms with Gasteiger partial charge in [0, 0.05) is 49.3 Å². The first kappa shape index (κ1) is 73.3. The van der Waals surface area contributed by atoms with Gasteiger partial charge in [-0.15, -0.1) is 0 Å². The Hall–Kier alpha value is -13.8. The summed E-state index contributed by atoms with van der Waals surface area (Å²) in [5.74, 6) is 0. The summed E-state index contributed by atoms with van der Waals surface area (Å²) in [7, 11) is 0. The molecule has 6 aliphatic heterocycles. The molecule has 6 aliphatic rings. The smallest absolute Gasteiger partial charge is 0.0544 e. The Labute approximate surface area is 718 Å². The number of rotatable bonds is 10. The Morgan fingerprint density at radius 2 is 0.418 bits per heavy atom. The number of anilines is 12. The van der Waals surface area contributed by atoms with E-state index in [1.54, 1.807) is 0 Å². The summed E-state index contributed by atoms with van der Waals surface area (Å²) in [6.07, 6.45) is 0. The standard InChI is InChI=1S/C118H96N4/c1-113(2)91-36-19-23-40-104(91)120-105-41-24-20-37-92(105)114(3,4)98-68-83(67-97(113)110(98)120)79-49-45-75(46-50-79)77-53-59-86(60-54-77)119(87-61-55-78(56-62-87)76-47-51-80(52-48-76)84-69-99-111-100(70-84)116(7,8)94-39-22-26-43-107(94)121(111)106-42-25-21-38-93(106)115(99,5)6)103-44-28-34-89-88(33-27-35-90(89)103)85-71-101-112-102(72-85)118(11,12)96-66-82(74-31-17-14-18-32-74)58-64-109(96)122(112)108-63-57-81(65-95(108)117(101,9)10)73-29-15-13-16-30-73/h13-72H,1-12H3. The van der Waals surface area contributed by atoms with E-state index in [0.29, 0.717) is 0 Å². The van der Waals surface area contributed by atoms with E-state index in [-0.39, 0.29) is 32.5 Å². The lowest BCUT2D eigenvalue weighted by Crippen LogP contribution is -2.38. The molecule has 0 aliphatic carbocycles. The van der Waals surface area contributed by atoms with Crippen molar-refractivity contribution >= 4 is 79.0 Å². The highest BCUT2D eigenvalue weighted by molar-refractivity contribution is 6.08. The molecule has 0 N–H and O–H groups in total. The highest BCUT2D eigenvalue weighted by Crippen LogP contribution is 2.66. The van der Waals surface area contributed by atoms with Crippen LogP contribution in [0.25, 0.3) is 88.7 Å². The van der Waals surface area contributed by atoms with E-state index in [1.165, 1.54) is 195 Å². The van der Waals surface area contributed by atoms with Crippen LogP contribution in [0.5, 0.6) is 0 Å². The van der Waals surface area contributed by atoms with Crippen LogP contribution in [-0.4, -0.2) is 0 Å². The second kappa shape index (κ2) is 26.4.